The summed E-state index contributed by atoms with van der Waals surface area (Å²) in [4.78, 5) is 18.0. The second-order valence-corrected chi connectivity index (χ2v) is 4.81. The monoisotopic (exact) mass is 252 g/mol. The van der Waals surface area contributed by atoms with Crippen LogP contribution in [0.15, 0.2) is 42.6 Å². The number of hydrogen-bond donors (Lipinski definition) is 0. The average molecular weight is 252 g/mol. The number of carbonyl (C=O) groups is 1. The number of aldehydes is 1. The molecule has 96 valence electrons. The predicted molar refractivity (Wildman–Crippen MR) is 76.5 cm³/mol. The summed E-state index contributed by atoms with van der Waals surface area (Å²) in [5.41, 5.74) is 2.76. The van der Waals surface area contributed by atoms with Crippen molar-refractivity contribution < 1.29 is 4.79 Å². The van der Waals surface area contributed by atoms with Crippen molar-refractivity contribution in [3.8, 4) is 11.1 Å². The first kappa shape index (κ1) is 11.9. The molecule has 0 saturated carbocycles. The van der Waals surface area contributed by atoms with Gasteiger partial charge in [0, 0.05) is 24.8 Å². The fraction of sp³-hybridized carbons (Fsp3) is 0.250. The molecule has 1 fully saturated rings. The molecule has 0 radical (unpaired) electrons. The van der Waals surface area contributed by atoms with Crippen molar-refractivity contribution in [1.29, 1.82) is 0 Å². The smallest absolute Gasteiger partial charge is 0.153 e. The number of carbonyl (C=O) groups excluding carboxylic acids is 1. The number of aromatic nitrogens is 1. The lowest BCUT2D eigenvalue weighted by molar-refractivity contribution is 0.112. The summed E-state index contributed by atoms with van der Waals surface area (Å²) >= 11 is 0. The van der Waals surface area contributed by atoms with Crippen molar-refractivity contribution in [2.24, 2.45) is 0 Å². The Bertz CT molecular complexity index is 575. The molecule has 3 heteroatoms. The molecule has 2 aromatic rings. The van der Waals surface area contributed by atoms with Crippen LogP contribution in [0.4, 0.5) is 5.82 Å². The fourth-order valence-corrected chi connectivity index (χ4v) is 2.54. The molecule has 0 amide bonds. The maximum absolute atomic E-state index is 11.3. The van der Waals surface area contributed by atoms with Crippen LogP contribution in [0.25, 0.3) is 11.1 Å². The van der Waals surface area contributed by atoms with Gasteiger partial charge in [0.15, 0.2) is 6.29 Å². The van der Waals surface area contributed by atoms with Gasteiger partial charge in [0.1, 0.15) is 5.82 Å². The maximum Gasteiger partial charge on any atom is 0.153 e. The van der Waals surface area contributed by atoms with Crippen LogP contribution in [-0.2, 0) is 0 Å². The normalized spacial score (nSPS) is 14.6. The molecule has 0 spiro atoms. The molecule has 0 N–H and O–H groups in total. The Balaban J connectivity index is 1.99. The molecular formula is C16H16N2O. The fourth-order valence-electron chi connectivity index (χ4n) is 2.54. The molecule has 0 bridgehead atoms. The van der Waals surface area contributed by atoms with E-state index in [1.165, 1.54) is 12.8 Å². The molecule has 1 aliphatic heterocycles. The molecule has 1 aliphatic rings. The summed E-state index contributed by atoms with van der Waals surface area (Å²) in [7, 11) is 0. The van der Waals surface area contributed by atoms with Crippen LogP contribution in [0.3, 0.4) is 0 Å². The molecule has 3 rings (SSSR count). The summed E-state index contributed by atoms with van der Waals surface area (Å²) in [5.74, 6) is 0.826. The van der Waals surface area contributed by atoms with Gasteiger partial charge in [0.25, 0.3) is 0 Å². The van der Waals surface area contributed by atoms with E-state index in [1.807, 2.05) is 42.6 Å². The Hall–Kier alpha value is -2.16. The zero-order valence-corrected chi connectivity index (χ0v) is 10.7. The molecule has 0 unspecified atom stereocenters. The van der Waals surface area contributed by atoms with Gasteiger partial charge in [-0.25, -0.2) is 4.98 Å². The SMILES string of the molecule is O=Cc1cc(-c2ccccc2)cnc1N1CCCC1. The van der Waals surface area contributed by atoms with Crippen LogP contribution in [0.5, 0.6) is 0 Å². The minimum Gasteiger partial charge on any atom is -0.356 e. The summed E-state index contributed by atoms with van der Waals surface area (Å²) < 4.78 is 0. The van der Waals surface area contributed by atoms with Crippen LogP contribution in [0, 0.1) is 0 Å². The van der Waals surface area contributed by atoms with Gasteiger partial charge in [-0.3, -0.25) is 4.79 Å². The van der Waals surface area contributed by atoms with E-state index in [0.29, 0.717) is 5.56 Å². The third-order valence-corrected chi connectivity index (χ3v) is 3.53. The molecule has 0 atom stereocenters. The van der Waals surface area contributed by atoms with E-state index in [4.69, 9.17) is 0 Å². The van der Waals surface area contributed by atoms with Gasteiger partial charge in [0.05, 0.1) is 5.56 Å². The highest BCUT2D eigenvalue weighted by atomic mass is 16.1. The molecule has 3 nitrogen and oxygen atoms in total. The quantitative estimate of drug-likeness (QED) is 0.787. The van der Waals surface area contributed by atoms with E-state index in [2.05, 4.69) is 9.88 Å². The van der Waals surface area contributed by atoms with E-state index < -0.39 is 0 Å². The third kappa shape index (κ3) is 2.36. The van der Waals surface area contributed by atoms with Gasteiger partial charge >= 0.3 is 0 Å². The standard InChI is InChI=1S/C16H16N2O/c19-12-15-10-14(13-6-2-1-3-7-13)11-17-16(15)18-8-4-5-9-18/h1-3,6-7,10-12H,4-5,8-9H2. The summed E-state index contributed by atoms with van der Waals surface area (Å²) in [6, 6.07) is 12.0. The van der Waals surface area contributed by atoms with Gasteiger partial charge < -0.3 is 4.90 Å². The van der Waals surface area contributed by atoms with Crippen LogP contribution >= 0.6 is 0 Å². The van der Waals surface area contributed by atoms with Gasteiger partial charge in [-0.05, 0) is 24.5 Å². The van der Waals surface area contributed by atoms with Crippen molar-refractivity contribution >= 4 is 12.1 Å². The molecule has 1 aromatic heterocycles. The number of pyridine rings is 1. The number of hydrogen-bond acceptors (Lipinski definition) is 3. The Morgan fingerprint density at radius 1 is 1.05 bits per heavy atom. The Labute approximate surface area is 112 Å². The minimum atomic E-state index is 0.684. The first-order chi connectivity index (χ1) is 9.38. The van der Waals surface area contributed by atoms with Gasteiger partial charge in [-0.2, -0.15) is 0 Å². The summed E-state index contributed by atoms with van der Waals surface area (Å²) in [6.07, 6.45) is 5.13. The Kier molecular flexibility index (Phi) is 3.27. The highest BCUT2D eigenvalue weighted by molar-refractivity contribution is 5.85. The van der Waals surface area contributed by atoms with E-state index in [9.17, 15) is 4.79 Å². The molecular weight excluding hydrogens is 236 g/mol. The number of benzene rings is 1. The number of nitrogens with zero attached hydrogens (tertiary/aromatic N) is 2. The minimum absolute atomic E-state index is 0.684. The largest absolute Gasteiger partial charge is 0.356 e. The van der Waals surface area contributed by atoms with Crippen LogP contribution in [0.1, 0.15) is 23.2 Å². The van der Waals surface area contributed by atoms with Gasteiger partial charge in [-0.15, -0.1) is 0 Å². The van der Waals surface area contributed by atoms with Gasteiger partial charge in [0.2, 0.25) is 0 Å². The molecule has 1 aromatic carbocycles. The van der Waals surface area contributed by atoms with Crippen LogP contribution in [-0.4, -0.2) is 24.4 Å². The van der Waals surface area contributed by atoms with Crippen LogP contribution < -0.4 is 4.90 Å². The van der Waals surface area contributed by atoms with Crippen molar-refractivity contribution in [1.82, 2.24) is 4.98 Å². The third-order valence-electron chi connectivity index (χ3n) is 3.53. The molecule has 0 aliphatic carbocycles. The van der Waals surface area contributed by atoms with Crippen molar-refractivity contribution in [3.05, 3.63) is 48.2 Å². The van der Waals surface area contributed by atoms with E-state index in [-0.39, 0.29) is 0 Å². The van der Waals surface area contributed by atoms with Crippen molar-refractivity contribution in [2.75, 3.05) is 18.0 Å². The molecule has 2 heterocycles. The van der Waals surface area contributed by atoms with E-state index >= 15 is 0 Å². The zero-order chi connectivity index (χ0) is 13.1. The second-order valence-electron chi connectivity index (χ2n) is 4.81. The van der Waals surface area contributed by atoms with Gasteiger partial charge in [-0.1, -0.05) is 30.3 Å². The highest BCUT2D eigenvalue weighted by Crippen LogP contribution is 2.26. The molecule has 1 saturated heterocycles. The zero-order valence-electron chi connectivity index (χ0n) is 10.7. The second kappa shape index (κ2) is 5.22. The Morgan fingerprint density at radius 3 is 2.47 bits per heavy atom. The number of anilines is 1. The lowest BCUT2D eigenvalue weighted by Gasteiger charge is -2.18. The lowest BCUT2D eigenvalue weighted by atomic mass is 10.1. The first-order valence-corrected chi connectivity index (χ1v) is 6.64. The topological polar surface area (TPSA) is 33.2 Å². The van der Waals surface area contributed by atoms with E-state index in [0.717, 1.165) is 36.3 Å². The predicted octanol–water partition coefficient (Wildman–Crippen LogP) is 3.16. The lowest BCUT2D eigenvalue weighted by Crippen LogP contribution is -2.20. The highest BCUT2D eigenvalue weighted by Gasteiger charge is 2.17. The Morgan fingerprint density at radius 2 is 1.79 bits per heavy atom. The maximum atomic E-state index is 11.3. The number of rotatable bonds is 3. The summed E-state index contributed by atoms with van der Waals surface area (Å²) in [5, 5.41) is 0. The average Bonchev–Trinajstić information content (AvgIpc) is 3.01. The van der Waals surface area contributed by atoms with E-state index in [1.54, 1.807) is 0 Å². The van der Waals surface area contributed by atoms with Crippen molar-refractivity contribution in [2.45, 2.75) is 12.8 Å². The van der Waals surface area contributed by atoms with Crippen LogP contribution in [0.2, 0.25) is 0 Å². The summed E-state index contributed by atoms with van der Waals surface area (Å²) in [6.45, 7) is 2.00. The van der Waals surface area contributed by atoms with Crippen molar-refractivity contribution in [3.63, 3.8) is 0 Å². The first-order valence-electron chi connectivity index (χ1n) is 6.64. The molecule has 19 heavy (non-hydrogen) atoms.